The van der Waals surface area contributed by atoms with Crippen molar-refractivity contribution < 1.29 is 19.2 Å². The number of amides is 3. The van der Waals surface area contributed by atoms with E-state index in [4.69, 9.17) is 4.74 Å². The van der Waals surface area contributed by atoms with Crippen molar-refractivity contribution in [1.82, 2.24) is 10.2 Å². The van der Waals surface area contributed by atoms with Crippen LogP contribution in [0.4, 0.5) is 10.5 Å². The number of carbonyl (C=O) groups is 2. The van der Waals surface area contributed by atoms with Crippen LogP contribution in [0.2, 0.25) is 0 Å². The molecular formula is C14H15N3O5. The van der Waals surface area contributed by atoms with Crippen LogP contribution in [0.5, 0.6) is 5.75 Å². The Balaban J connectivity index is 2.08. The number of benzene rings is 1. The quantitative estimate of drug-likeness (QED) is 0.484. The summed E-state index contributed by atoms with van der Waals surface area (Å²) in [4.78, 5) is 34.6. The van der Waals surface area contributed by atoms with Crippen LogP contribution in [0.25, 0.3) is 0 Å². The van der Waals surface area contributed by atoms with Crippen LogP contribution in [0, 0.1) is 10.1 Å². The molecule has 1 aliphatic rings. The van der Waals surface area contributed by atoms with E-state index >= 15 is 0 Å². The van der Waals surface area contributed by atoms with Gasteiger partial charge in [0.05, 0.1) is 4.92 Å². The average Bonchev–Trinajstić information content (AvgIpc) is 2.92. The fourth-order valence-corrected chi connectivity index (χ4v) is 2.06. The SMILES string of the molecule is C=CCc1cc([N+](=O)[O-])ccc1OCC(=O)N1CCNC1=O. The smallest absolute Gasteiger partial charge is 0.324 e. The van der Waals surface area contributed by atoms with Crippen molar-refractivity contribution in [2.75, 3.05) is 19.7 Å². The molecule has 0 aliphatic carbocycles. The summed E-state index contributed by atoms with van der Waals surface area (Å²) in [6.45, 7) is 4.00. The van der Waals surface area contributed by atoms with E-state index in [1.54, 1.807) is 6.08 Å². The highest BCUT2D eigenvalue weighted by Crippen LogP contribution is 2.25. The Kier molecular flexibility index (Phi) is 4.72. The third-order valence-corrected chi connectivity index (χ3v) is 3.13. The van der Waals surface area contributed by atoms with E-state index in [9.17, 15) is 19.7 Å². The summed E-state index contributed by atoms with van der Waals surface area (Å²) in [5, 5.41) is 13.3. The third kappa shape index (κ3) is 3.40. The molecule has 0 unspecified atom stereocenters. The number of rotatable bonds is 6. The summed E-state index contributed by atoms with van der Waals surface area (Å²) in [7, 11) is 0. The van der Waals surface area contributed by atoms with Gasteiger partial charge in [0.25, 0.3) is 11.6 Å². The molecule has 1 fully saturated rings. The lowest BCUT2D eigenvalue weighted by atomic mass is 10.1. The topological polar surface area (TPSA) is 102 Å². The number of hydrogen-bond acceptors (Lipinski definition) is 5. The first-order valence-corrected chi connectivity index (χ1v) is 6.62. The molecule has 0 saturated carbocycles. The minimum absolute atomic E-state index is 0.0607. The van der Waals surface area contributed by atoms with Crippen LogP contribution in [0.1, 0.15) is 5.56 Å². The van der Waals surface area contributed by atoms with Crippen molar-refractivity contribution in [2.24, 2.45) is 0 Å². The molecule has 0 atom stereocenters. The maximum absolute atomic E-state index is 11.9. The average molecular weight is 305 g/mol. The molecule has 0 bridgehead atoms. The second kappa shape index (κ2) is 6.70. The molecule has 1 aromatic carbocycles. The molecule has 1 saturated heterocycles. The maximum atomic E-state index is 11.9. The number of carbonyl (C=O) groups excluding carboxylic acids is 2. The monoisotopic (exact) mass is 305 g/mol. The van der Waals surface area contributed by atoms with Crippen molar-refractivity contribution in [3.05, 3.63) is 46.5 Å². The van der Waals surface area contributed by atoms with Gasteiger partial charge in [-0.15, -0.1) is 6.58 Å². The van der Waals surface area contributed by atoms with Gasteiger partial charge < -0.3 is 10.1 Å². The van der Waals surface area contributed by atoms with Gasteiger partial charge in [-0.1, -0.05) is 6.08 Å². The molecule has 0 spiro atoms. The number of allylic oxidation sites excluding steroid dienone is 1. The van der Waals surface area contributed by atoms with Gasteiger partial charge in [-0.3, -0.25) is 19.8 Å². The van der Waals surface area contributed by atoms with E-state index in [2.05, 4.69) is 11.9 Å². The molecule has 0 radical (unpaired) electrons. The van der Waals surface area contributed by atoms with Gasteiger partial charge in [0.15, 0.2) is 6.61 Å². The first-order valence-electron chi connectivity index (χ1n) is 6.62. The number of ether oxygens (including phenoxy) is 1. The number of nitro benzene ring substituents is 1. The van der Waals surface area contributed by atoms with Gasteiger partial charge in [0.2, 0.25) is 0 Å². The Morgan fingerprint density at radius 3 is 2.91 bits per heavy atom. The third-order valence-electron chi connectivity index (χ3n) is 3.13. The Morgan fingerprint density at radius 1 is 1.55 bits per heavy atom. The summed E-state index contributed by atoms with van der Waals surface area (Å²) < 4.78 is 5.41. The number of hydrogen-bond donors (Lipinski definition) is 1. The highest BCUT2D eigenvalue weighted by Gasteiger charge is 2.26. The lowest BCUT2D eigenvalue weighted by Gasteiger charge is -2.14. The zero-order chi connectivity index (χ0) is 16.1. The summed E-state index contributed by atoms with van der Waals surface area (Å²) in [6.07, 6.45) is 1.96. The van der Waals surface area contributed by atoms with Crippen molar-refractivity contribution in [1.29, 1.82) is 0 Å². The summed E-state index contributed by atoms with van der Waals surface area (Å²) >= 11 is 0. The minimum Gasteiger partial charge on any atom is -0.483 e. The molecular weight excluding hydrogens is 290 g/mol. The highest BCUT2D eigenvalue weighted by molar-refractivity contribution is 5.96. The number of nitrogens with one attached hydrogen (secondary N) is 1. The maximum Gasteiger partial charge on any atom is 0.324 e. The predicted octanol–water partition coefficient (Wildman–Crippen LogP) is 1.25. The Hall–Kier alpha value is -2.90. The molecule has 3 amide bonds. The number of nitrogens with zero attached hydrogens (tertiary/aromatic N) is 2. The van der Waals surface area contributed by atoms with Gasteiger partial charge in [0.1, 0.15) is 5.75 Å². The molecule has 1 aliphatic heterocycles. The fraction of sp³-hybridized carbons (Fsp3) is 0.286. The normalized spacial score (nSPS) is 13.6. The van der Waals surface area contributed by atoms with E-state index in [1.807, 2.05) is 0 Å². The Labute approximate surface area is 126 Å². The number of urea groups is 1. The molecule has 1 aromatic rings. The molecule has 2 rings (SSSR count). The van der Waals surface area contributed by atoms with Crippen LogP contribution in [-0.2, 0) is 11.2 Å². The van der Waals surface area contributed by atoms with Crippen LogP contribution >= 0.6 is 0 Å². The van der Waals surface area contributed by atoms with Crippen LogP contribution in [0.15, 0.2) is 30.9 Å². The first-order chi connectivity index (χ1) is 10.5. The fourth-order valence-electron chi connectivity index (χ4n) is 2.06. The van der Waals surface area contributed by atoms with Gasteiger partial charge in [-0.05, 0) is 12.5 Å². The Bertz CT molecular complexity index is 629. The van der Waals surface area contributed by atoms with Crippen molar-refractivity contribution in [3.63, 3.8) is 0 Å². The van der Waals surface area contributed by atoms with Crippen LogP contribution in [-0.4, -0.2) is 41.5 Å². The van der Waals surface area contributed by atoms with E-state index in [1.165, 1.54) is 18.2 Å². The molecule has 8 heteroatoms. The van der Waals surface area contributed by atoms with Crippen LogP contribution < -0.4 is 10.1 Å². The zero-order valence-corrected chi connectivity index (χ0v) is 11.8. The molecule has 1 heterocycles. The van der Waals surface area contributed by atoms with Crippen molar-refractivity contribution in [3.8, 4) is 5.75 Å². The minimum atomic E-state index is -0.504. The standard InChI is InChI=1S/C14H15N3O5/c1-2-3-10-8-11(17(20)21)4-5-12(10)22-9-13(18)16-7-6-15-14(16)19/h2,4-5,8H,1,3,6-7,9H2,(H,15,19). The first kappa shape index (κ1) is 15.5. The number of non-ortho nitro benzene ring substituents is 1. The van der Waals surface area contributed by atoms with Crippen LogP contribution in [0.3, 0.4) is 0 Å². The van der Waals surface area contributed by atoms with E-state index in [0.717, 1.165) is 4.90 Å². The molecule has 0 aromatic heterocycles. The summed E-state index contributed by atoms with van der Waals surface area (Å²) in [5.41, 5.74) is 0.498. The van der Waals surface area contributed by atoms with E-state index < -0.39 is 16.9 Å². The largest absolute Gasteiger partial charge is 0.483 e. The van der Waals surface area contributed by atoms with Gasteiger partial charge in [0, 0.05) is 30.8 Å². The van der Waals surface area contributed by atoms with Gasteiger partial charge in [-0.25, -0.2) is 4.79 Å². The summed E-state index contributed by atoms with van der Waals surface area (Å²) in [6, 6.07) is 3.68. The predicted molar refractivity (Wildman–Crippen MR) is 77.6 cm³/mol. The summed E-state index contributed by atoms with van der Waals surface area (Å²) in [5.74, 6) is -0.101. The van der Waals surface area contributed by atoms with Crippen molar-refractivity contribution in [2.45, 2.75) is 6.42 Å². The van der Waals surface area contributed by atoms with Crippen molar-refractivity contribution >= 4 is 17.6 Å². The molecule has 8 nitrogen and oxygen atoms in total. The lowest BCUT2D eigenvalue weighted by molar-refractivity contribution is -0.384. The van der Waals surface area contributed by atoms with Gasteiger partial charge >= 0.3 is 6.03 Å². The molecule has 116 valence electrons. The molecule has 1 N–H and O–H groups in total. The number of imide groups is 1. The second-order valence-electron chi connectivity index (χ2n) is 4.61. The zero-order valence-electron chi connectivity index (χ0n) is 11.8. The van der Waals surface area contributed by atoms with Gasteiger partial charge in [-0.2, -0.15) is 0 Å². The molecule has 22 heavy (non-hydrogen) atoms. The lowest BCUT2D eigenvalue weighted by Crippen LogP contribution is -2.37. The van der Waals surface area contributed by atoms with E-state index in [-0.39, 0.29) is 12.3 Å². The van der Waals surface area contributed by atoms with E-state index in [0.29, 0.717) is 30.8 Å². The highest BCUT2D eigenvalue weighted by atomic mass is 16.6. The number of nitro groups is 1. The Morgan fingerprint density at radius 2 is 2.32 bits per heavy atom. The second-order valence-corrected chi connectivity index (χ2v) is 4.61.